The number of likely N-dealkylation sites (tertiary alicyclic amines) is 1. The summed E-state index contributed by atoms with van der Waals surface area (Å²) < 4.78 is 4.78. The predicted molar refractivity (Wildman–Crippen MR) is 77.1 cm³/mol. The first-order chi connectivity index (χ1) is 9.49. The second kappa shape index (κ2) is 8.21. The number of carbonyl (C=O) groups is 2. The van der Waals surface area contributed by atoms with E-state index in [1.807, 2.05) is 18.7 Å². The Morgan fingerprint density at radius 1 is 1.40 bits per heavy atom. The van der Waals surface area contributed by atoms with E-state index in [-0.39, 0.29) is 30.4 Å². The summed E-state index contributed by atoms with van der Waals surface area (Å²) >= 11 is 0. The molecule has 2 unspecified atom stereocenters. The number of methoxy groups -OCH3 is 1. The molecule has 0 spiro atoms. The first-order valence-corrected chi connectivity index (χ1v) is 7.32. The summed E-state index contributed by atoms with van der Waals surface area (Å²) in [6.07, 6.45) is 2.44. The quantitative estimate of drug-likeness (QED) is 0.725. The third-order valence-corrected chi connectivity index (χ3v) is 3.99. The largest absolute Gasteiger partial charge is 0.375 e. The third kappa shape index (κ3) is 4.76. The van der Waals surface area contributed by atoms with Crippen molar-refractivity contribution in [3.8, 4) is 0 Å². The van der Waals surface area contributed by atoms with Gasteiger partial charge in [0.2, 0.25) is 11.8 Å². The van der Waals surface area contributed by atoms with Crippen LogP contribution in [0.1, 0.15) is 33.1 Å². The van der Waals surface area contributed by atoms with Crippen molar-refractivity contribution in [1.82, 2.24) is 10.2 Å². The van der Waals surface area contributed by atoms with Gasteiger partial charge in [-0.3, -0.25) is 9.59 Å². The van der Waals surface area contributed by atoms with E-state index >= 15 is 0 Å². The van der Waals surface area contributed by atoms with Gasteiger partial charge in [-0.1, -0.05) is 20.3 Å². The Balaban J connectivity index is 2.38. The van der Waals surface area contributed by atoms with E-state index in [1.54, 1.807) is 0 Å². The molecule has 1 fully saturated rings. The van der Waals surface area contributed by atoms with E-state index in [1.165, 1.54) is 7.11 Å². The SMILES string of the molecule is CCC(C)C(N)C(=O)N1CCC(NC(=O)COC)CC1. The Labute approximate surface area is 121 Å². The molecule has 0 aromatic heterocycles. The van der Waals surface area contributed by atoms with Crippen LogP contribution >= 0.6 is 0 Å². The van der Waals surface area contributed by atoms with Crippen LogP contribution in [0.2, 0.25) is 0 Å². The van der Waals surface area contributed by atoms with Crippen LogP contribution < -0.4 is 11.1 Å². The molecular formula is C14H27N3O3. The van der Waals surface area contributed by atoms with Crippen LogP contribution in [0.3, 0.4) is 0 Å². The highest BCUT2D eigenvalue weighted by atomic mass is 16.5. The molecule has 0 saturated carbocycles. The normalized spacial score (nSPS) is 19.5. The predicted octanol–water partition coefficient (Wildman–Crippen LogP) is 0.113. The number of nitrogens with zero attached hydrogens (tertiary/aromatic N) is 1. The topological polar surface area (TPSA) is 84.7 Å². The molecule has 1 heterocycles. The first kappa shape index (κ1) is 16.9. The Hall–Kier alpha value is -1.14. The molecule has 2 amide bonds. The van der Waals surface area contributed by atoms with Crippen molar-refractivity contribution in [3.05, 3.63) is 0 Å². The Bertz CT molecular complexity index is 328. The number of piperidine rings is 1. The minimum absolute atomic E-state index is 0.0287. The van der Waals surface area contributed by atoms with E-state index in [9.17, 15) is 9.59 Å². The molecule has 0 aliphatic carbocycles. The molecular weight excluding hydrogens is 258 g/mol. The number of nitrogens with two attached hydrogens (primary N) is 1. The van der Waals surface area contributed by atoms with Crippen LogP contribution in [0.5, 0.6) is 0 Å². The van der Waals surface area contributed by atoms with Crippen LogP contribution in [0.25, 0.3) is 0 Å². The molecule has 1 aliphatic rings. The molecule has 1 aliphatic heterocycles. The molecule has 3 N–H and O–H groups in total. The zero-order valence-electron chi connectivity index (χ0n) is 12.7. The van der Waals surface area contributed by atoms with Gasteiger partial charge in [-0.15, -0.1) is 0 Å². The fourth-order valence-corrected chi connectivity index (χ4v) is 2.35. The van der Waals surface area contributed by atoms with Gasteiger partial charge in [-0.25, -0.2) is 0 Å². The van der Waals surface area contributed by atoms with Crippen LogP contribution in [-0.2, 0) is 14.3 Å². The maximum Gasteiger partial charge on any atom is 0.246 e. The molecule has 0 aromatic rings. The summed E-state index contributed by atoms with van der Waals surface area (Å²) in [5.74, 6) is 0.122. The number of nitrogens with one attached hydrogen (secondary N) is 1. The summed E-state index contributed by atoms with van der Waals surface area (Å²) in [4.78, 5) is 25.5. The van der Waals surface area contributed by atoms with Gasteiger partial charge in [0.05, 0.1) is 6.04 Å². The zero-order chi connectivity index (χ0) is 15.1. The van der Waals surface area contributed by atoms with Gasteiger partial charge in [-0.2, -0.15) is 0 Å². The molecule has 1 rings (SSSR count). The highest BCUT2D eigenvalue weighted by Gasteiger charge is 2.28. The van der Waals surface area contributed by atoms with Crippen molar-refractivity contribution < 1.29 is 14.3 Å². The van der Waals surface area contributed by atoms with Crippen LogP contribution in [0.15, 0.2) is 0 Å². The standard InChI is InChI=1S/C14H27N3O3/c1-4-10(2)13(15)14(19)17-7-5-11(6-8-17)16-12(18)9-20-3/h10-11,13H,4-9,15H2,1-3H3,(H,16,18). The second-order valence-electron chi connectivity index (χ2n) is 5.51. The molecule has 1 saturated heterocycles. The number of hydrogen-bond acceptors (Lipinski definition) is 4. The lowest BCUT2D eigenvalue weighted by Crippen LogP contribution is -2.52. The number of hydrogen-bond donors (Lipinski definition) is 2. The average Bonchev–Trinajstić information content (AvgIpc) is 2.46. The Morgan fingerprint density at radius 2 is 2.00 bits per heavy atom. The van der Waals surface area contributed by atoms with Gasteiger partial charge < -0.3 is 20.7 Å². The lowest BCUT2D eigenvalue weighted by Gasteiger charge is -2.34. The Kier molecular flexibility index (Phi) is 6.95. The van der Waals surface area contributed by atoms with E-state index in [0.29, 0.717) is 13.1 Å². The first-order valence-electron chi connectivity index (χ1n) is 7.32. The number of ether oxygens (including phenoxy) is 1. The van der Waals surface area contributed by atoms with Gasteiger partial charge in [0.25, 0.3) is 0 Å². The van der Waals surface area contributed by atoms with E-state index < -0.39 is 6.04 Å². The van der Waals surface area contributed by atoms with Crippen molar-refractivity contribution in [1.29, 1.82) is 0 Å². The van der Waals surface area contributed by atoms with Crippen LogP contribution in [0, 0.1) is 5.92 Å². The summed E-state index contributed by atoms with van der Waals surface area (Å²) in [5, 5.41) is 2.91. The van der Waals surface area contributed by atoms with Crippen molar-refractivity contribution in [2.75, 3.05) is 26.8 Å². The molecule has 6 nitrogen and oxygen atoms in total. The molecule has 0 bridgehead atoms. The fourth-order valence-electron chi connectivity index (χ4n) is 2.35. The monoisotopic (exact) mass is 285 g/mol. The molecule has 116 valence electrons. The third-order valence-electron chi connectivity index (χ3n) is 3.99. The average molecular weight is 285 g/mol. The summed E-state index contributed by atoms with van der Waals surface area (Å²) in [5.41, 5.74) is 5.98. The lowest BCUT2D eigenvalue weighted by atomic mass is 9.97. The molecule has 6 heteroatoms. The highest BCUT2D eigenvalue weighted by molar-refractivity contribution is 5.82. The molecule has 20 heavy (non-hydrogen) atoms. The zero-order valence-corrected chi connectivity index (χ0v) is 12.7. The maximum absolute atomic E-state index is 12.2. The summed E-state index contributed by atoms with van der Waals surface area (Å²) in [6, 6.07) is -0.291. The van der Waals surface area contributed by atoms with Gasteiger partial charge in [0.1, 0.15) is 6.61 Å². The second-order valence-corrected chi connectivity index (χ2v) is 5.51. The van der Waals surface area contributed by atoms with E-state index in [2.05, 4.69) is 5.32 Å². The van der Waals surface area contributed by atoms with Gasteiger partial charge >= 0.3 is 0 Å². The summed E-state index contributed by atoms with van der Waals surface area (Å²) in [7, 11) is 1.50. The van der Waals surface area contributed by atoms with Crippen molar-refractivity contribution >= 4 is 11.8 Å². The van der Waals surface area contributed by atoms with Crippen LogP contribution in [0.4, 0.5) is 0 Å². The molecule has 2 atom stereocenters. The lowest BCUT2D eigenvalue weighted by molar-refractivity contribution is -0.135. The maximum atomic E-state index is 12.2. The van der Waals surface area contributed by atoms with Gasteiger partial charge in [0.15, 0.2) is 0 Å². The molecule has 0 radical (unpaired) electrons. The van der Waals surface area contributed by atoms with Gasteiger partial charge in [-0.05, 0) is 18.8 Å². The van der Waals surface area contributed by atoms with Crippen molar-refractivity contribution in [3.63, 3.8) is 0 Å². The van der Waals surface area contributed by atoms with Crippen molar-refractivity contribution in [2.24, 2.45) is 11.7 Å². The van der Waals surface area contributed by atoms with E-state index in [4.69, 9.17) is 10.5 Å². The highest BCUT2D eigenvalue weighted by Crippen LogP contribution is 2.14. The fraction of sp³-hybridized carbons (Fsp3) is 0.857. The molecule has 0 aromatic carbocycles. The number of rotatable bonds is 6. The van der Waals surface area contributed by atoms with Crippen LogP contribution in [-0.4, -0.2) is 55.6 Å². The minimum atomic E-state index is -0.417. The number of carbonyl (C=O) groups excluding carboxylic acids is 2. The summed E-state index contributed by atoms with van der Waals surface area (Å²) in [6.45, 7) is 5.43. The number of amides is 2. The van der Waals surface area contributed by atoms with Crippen molar-refractivity contribution in [2.45, 2.75) is 45.2 Å². The Morgan fingerprint density at radius 3 is 2.50 bits per heavy atom. The minimum Gasteiger partial charge on any atom is -0.375 e. The van der Waals surface area contributed by atoms with Gasteiger partial charge in [0, 0.05) is 26.2 Å². The smallest absolute Gasteiger partial charge is 0.246 e. The van der Waals surface area contributed by atoms with E-state index in [0.717, 1.165) is 19.3 Å².